The van der Waals surface area contributed by atoms with Crippen LogP contribution in [0, 0.1) is 5.41 Å². The van der Waals surface area contributed by atoms with Gasteiger partial charge in [0.1, 0.15) is 0 Å². The number of urea groups is 1. The molecule has 1 aliphatic heterocycles. The molecular formula is C12H22N2O4. The van der Waals surface area contributed by atoms with Crippen molar-refractivity contribution in [3.8, 4) is 0 Å². The van der Waals surface area contributed by atoms with E-state index in [-0.39, 0.29) is 12.6 Å². The molecule has 18 heavy (non-hydrogen) atoms. The fourth-order valence-electron chi connectivity index (χ4n) is 2.11. The highest BCUT2D eigenvalue weighted by atomic mass is 16.5. The van der Waals surface area contributed by atoms with Gasteiger partial charge in [0.05, 0.1) is 5.41 Å². The molecule has 1 rings (SSSR count). The highest BCUT2D eigenvalue weighted by molar-refractivity contribution is 5.78. The van der Waals surface area contributed by atoms with E-state index in [4.69, 9.17) is 9.84 Å². The number of carboxylic acid groups (broad SMARTS) is 1. The fraction of sp³-hybridized carbons (Fsp3) is 0.833. The van der Waals surface area contributed by atoms with Gasteiger partial charge in [-0.25, -0.2) is 4.79 Å². The number of likely N-dealkylation sites (tertiary alicyclic amines) is 1. The molecule has 0 spiro atoms. The number of aliphatic carboxylic acids is 1. The van der Waals surface area contributed by atoms with E-state index in [1.165, 1.54) is 0 Å². The van der Waals surface area contributed by atoms with Gasteiger partial charge in [-0.15, -0.1) is 0 Å². The zero-order valence-electron chi connectivity index (χ0n) is 11.1. The normalized spacial score (nSPS) is 23.8. The maximum atomic E-state index is 11.9. The van der Waals surface area contributed by atoms with Crippen LogP contribution in [0.3, 0.4) is 0 Å². The summed E-state index contributed by atoms with van der Waals surface area (Å²) in [4.78, 5) is 24.6. The minimum Gasteiger partial charge on any atom is -0.481 e. The largest absolute Gasteiger partial charge is 0.481 e. The molecule has 1 heterocycles. The lowest BCUT2D eigenvalue weighted by Gasteiger charge is -2.37. The number of nitrogens with zero attached hydrogens (tertiary/aromatic N) is 1. The standard InChI is InChI=1S/C12H22N2O4/c1-12(10(15)16)5-3-7-14(9-12)11(17)13-6-4-8-18-2/h3-9H2,1-2H3,(H,13,17)(H,15,16). The summed E-state index contributed by atoms with van der Waals surface area (Å²) in [6.45, 7) is 3.75. The molecule has 1 saturated heterocycles. The van der Waals surface area contributed by atoms with E-state index in [0.29, 0.717) is 26.1 Å². The zero-order valence-corrected chi connectivity index (χ0v) is 11.1. The Bertz CT molecular complexity index is 308. The van der Waals surface area contributed by atoms with Crippen LogP contribution >= 0.6 is 0 Å². The van der Waals surface area contributed by atoms with Crippen molar-refractivity contribution in [2.45, 2.75) is 26.2 Å². The van der Waals surface area contributed by atoms with Gasteiger partial charge in [-0.05, 0) is 26.2 Å². The molecule has 1 aliphatic rings. The summed E-state index contributed by atoms with van der Waals surface area (Å²) in [5, 5.41) is 11.9. The monoisotopic (exact) mass is 258 g/mol. The predicted molar refractivity (Wildman–Crippen MR) is 66.4 cm³/mol. The average Bonchev–Trinajstić information content (AvgIpc) is 2.34. The van der Waals surface area contributed by atoms with Gasteiger partial charge in [-0.2, -0.15) is 0 Å². The minimum atomic E-state index is -0.834. The summed E-state index contributed by atoms with van der Waals surface area (Å²) in [7, 11) is 1.62. The van der Waals surface area contributed by atoms with Crippen molar-refractivity contribution in [1.82, 2.24) is 10.2 Å². The molecule has 2 N–H and O–H groups in total. The molecule has 1 atom stereocenters. The first-order valence-corrected chi connectivity index (χ1v) is 6.25. The minimum absolute atomic E-state index is 0.182. The van der Waals surface area contributed by atoms with Crippen LogP contribution < -0.4 is 5.32 Å². The second-order valence-corrected chi connectivity index (χ2v) is 4.97. The Labute approximate surface area is 107 Å². The van der Waals surface area contributed by atoms with Gasteiger partial charge in [0.15, 0.2) is 0 Å². The quantitative estimate of drug-likeness (QED) is 0.719. The number of carbonyl (C=O) groups excluding carboxylic acids is 1. The Morgan fingerprint density at radius 1 is 1.50 bits per heavy atom. The summed E-state index contributed by atoms with van der Waals surface area (Å²) < 4.78 is 4.89. The average molecular weight is 258 g/mol. The smallest absolute Gasteiger partial charge is 0.317 e. The molecule has 0 bridgehead atoms. The Kier molecular flexibility index (Phi) is 5.40. The molecule has 0 aliphatic carbocycles. The molecule has 0 aromatic carbocycles. The summed E-state index contributed by atoms with van der Waals surface area (Å²) in [6, 6.07) is -0.182. The molecule has 0 radical (unpaired) electrons. The summed E-state index contributed by atoms with van der Waals surface area (Å²) in [5.74, 6) is -0.834. The van der Waals surface area contributed by atoms with Gasteiger partial charge >= 0.3 is 12.0 Å². The first kappa shape index (κ1) is 14.8. The number of methoxy groups -OCH3 is 1. The van der Waals surface area contributed by atoms with Crippen LogP contribution in [0.1, 0.15) is 26.2 Å². The summed E-state index contributed by atoms with van der Waals surface area (Å²) in [6.07, 6.45) is 2.11. The van der Waals surface area contributed by atoms with E-state index in [9.17, 15) is 9.59 Å². The number of nitrogens with one attached hydrogen (secondary N) is 1. The second-order valence-electron chi connectivity index (χ2n) is 4.97. The molecule has 0 aromatic heterocycles. The summed E-state index contributed by atoms with van der Waals surface area (Å²) >= 11 is 0. The van der Waals surface area contributed by atoms with Crippen LogP contribution in [0.2, 0.25) is 0 Å². The van der Waals surface area contributed by atoms with E-state index in [1.54, 1.807) is 18.9 Å². The van der Waals surface area contributed by atoms with Crippen molar-refractivity contribution >= 4 is 12.0 Å². The third-order valence-corrected chi connectivity index (χ3v) is 3.30. The molecule has 6 heteroatoms. The van der Waals surface area contributed by atoms with Gasteiger partial charge in [0.2, 0.25) is 0 Å². The Hall–Kier alpha value is -1.30. The molecule has 1 fully saturated rings. The maximum Gasteiger partial charge on any atom is 0.317 e. The SMILES string of the molecule is COCCCNC(=O)N1CCCC(C)(C(=O)O)C1. The van der Waals surface area contributed by atoms with E-state index in [0.717, 1.165) is 12.8 Å². The molecule has 0 saturated carbocycles. The maximum absolute atomic E-state index is 11.9. The second kappa shape index (κ2) is 6.58. The highest BCUT2D eigenvalue weighted by Gasteiger charge is 2.39. The van der Waals surface area contributed by atoms with Gasteiger partial charge < -0.3 is 20.1 Å². The van der Waals surface area contributed by atoms with Gasteiger partial charge in [0.25, 0.3) is 0 Å². The zero-order chi connectivity index (χ0) is 13.6. The van der Waals surface area contributed by atoms with Crippen LogP contribution in [0.25, 0.3) is 0 Å². The Balaban J connectivity index is 2.41. The third-order valence-electron chi connectivity index (χ3n) is 3.30. The van der Waals surface area contributed by atoms with Gasteiger partial charge in [0, 0.05) is 33.4 Å². The van der Waals surface area contributed by atoms with E-state index < -0.39 is 11.4 Å². The summed E-state index contributed by atoms with van der Waals surface area (Å²) in [5.41, 5.74) is -0.817. The van der Waals surface area contributed by atoms with Crippen molar-refractivity contribution in [2.24, 2.45) is 5.41 Å². The number of amides is 2. The Morgan fingerprint density at radius 2 is 2.22 bits per heavy atom. The third kappa shape index (κ3) is 3.87. The van der Waals surface area contributed by atoms with Gasteiger partial charge in [-0.3, -0.25) is 4.79 Å². The number of piperidine rings is 1. The van der Waals surface area contributed by atoms with E-state index >= 15 is 0 Å². The van der Waals surface area contributed by atoms with Crippen LogP contribution in [-0.2, 0) is 9.53 Å². The van der Waals surface area contributed by atoms with E-state index in [1.807, 2.05) is 0 Å². The first-order chi connectivity index (χ1) is 8.49. The molecule has 104 valence electrons. The lowest BCUT2D eigenvalue weighted by Crippen LogP contribution is -2.51. The molecule has 2 amide bonds. The predicted octanol–water partition coefficient (Wildman–Crippen LogP) is 0.919. The van der Waals surface area contributed by atoms with Crippen LogP contribution in [0.4, 0.5) is 4.79 Å². The van der Waals surface area contributed by atoms with Crippen molar-refractivity contribution < 1.29 is 19.4 Å². The van der Waals surface area contributed by atoms with Crippen LogP contribution in [-0.4, -0.2) is 55.4 Å². The number of carbonyl (C=O) groups is 2. The topological polar surface area (TPSA) is 78.9 Å². The first-order valence-electron chi connectivity index (χ1n) is 6.25. The molecule has 6 nitrogen and oxygen atoms in total. The number of carboxylic acids is 1. The highest BCUT2D eigenvalue weighted by Crippen LogP contribution is 2.29. The number of rotatable bonds is 5. The van der Waals surface area contributed by atoms with Crippen LogP contribution in [0.15, 0.2) is 0 Å². The Morgan fingerprint density at radius 3 is 2.83 bits per heavy atom. The van der Waals surface area contributed by atoms with Crippen molar-refractivity contribution in [3.63, 3.8) is 0 Å². The van der Waals surface area contributed by atoms with Gasteiger partial charge in [-0.1, -0.05) is 0 Å². The molecule has 0 aromatic rings. The van der Waals surface area contributed by atoms with Crippen molar-refractivity contribution in [2.75, 3.05) is 33.4 Å². The van der Waals surface area contributed by atoms with E-state index in [2.05, 4.69) is 5.32 Å². The number of hydrogen-bond acceptors (Lipinski definition) is 3. The lowest BCUT2D eigenvalue weighted by atomic mass is 9.82. The number of hydrogen-bond donors (Lipinski definition) is 2. The van der Waals surface area contributed by atoms with Crippen molar-refractivity contribution in [3.05, 3.63) is 0 Å². The lowest BCUT2D eigenvalue weighted by molar-refractivity contribution is -0.150. The number of ether oxygens (including phenoxy) is 1. The fourth-order valence-corrected chi connectivity index (χ4v) is 2.11. The van der Waals surface area contributed by atoms with Crippen LogP contribution in [0.5, 0.6) is 0 Å². The molecular weight excluding hydrogens is 236 g/mol. The van der Waals surface area contributed by atoms with Crippen molar-refractivity contribution in [1.29, 1.82) is 0 Å². The molecule has 1 unspecified atom stereocenters.